The van der Waals surface area contributed by atoms with Crippen LogP contribution in [-0.2, 0) is 17.6 Å². The fraction of sp³-hybridized carbons (Fsp3) is 0.200. The van der Waals surface area contributed by atoms with Crippen LogP contribution in [0.5, 0.6) is 0 Å². The number of ether oxygens (including phenoxy) is 1. The third-order valence-electron chi connectivity index (χ3n) is 4.10. The van der Waals surface area contributed by atoms with Gasteiger partial charge in [-0.3, -0.25) is 0 Å². The summed E-state index contributed by atoms with van der Waals surface area (Å²) in [7, 11) is 0. The third-order valence-corrected chi connectivity index (χ3v) is 5.90. The summed E-state index contributed by atoms with van der Waals surface area (Å²) < 4.78 is 8.55. The van der Waals surface area contributed by atoms with Crippen molar-refractivity contribution < 1.29 is 4.74 Å². The highest BCUT2D eigenvalue weighted by Crippen LogP contribution is 2.23. The summed E-state index contributed by atoms with van der Waals surface area (Å²) in [4.78, 5) is 0. The van der Waals surface area contributed by atoms with Gasteiger partial charge in [-0.05, 0) is 69.8 Å². The molecule has 2 aromatic carbocycles. The molecule has 0 aliphatic heterocycles. The van der Waals surface area contributed by atoms with Gasteiger partial charge in [-0.15, -0.1) is 22.7 Å². The van der Waals surface area contributed by atoms with E-state index >= 15 is 0 Å². The average Bonchev–Trinajstić information content (AvgIpc) is 3.22. The molecular weight excluding hydrogens is 320 g/mol. The van der Waals surface area contributed by atoms with Gasteiger partial charge in [0.1, 0.15) is 0 Å². The summed E-state index contributed by atoms with van der Waals surface area (Å²) in [6.07, 6.45) is 1.96. The van der Waals surface area contributed by atoms with Gasteiger partial charge in [0.15, 0.2) is 0 Å². The summed E-state index contributed by atoms with van der Waals surface area (Å²) in [5.41, 5.74) is 2.71. The van der Waals surface area contributed by atoms with Crippen LogP contribution in [0.2, 0.25) is 0 Å². The van der Waals surface area contributed by atoms with Gasteiger partial charge in [0.25, 0.3) is 0 Å². The monoisotopic (exact) mass is 338 g/mol. The Balaban J connectivity index is 1.26. The van der Waals surface area contributed by atoms with Crippen molar-refractivity contribution in [1.82, 2.24) is 0 Å². The van der Waals surface area contributed by atoms with E-state index in [0.29, 0.717) is 0 Å². The van der Waals surface area contributed by atoms with Gasteiger partial charge in [0.2, 0.25) is 0 Å². The Bertz CT molecular complexity index is 843. The molecule has 0 atom stereocenters. The molecule has 3 heteroatoms. The number of benzene rings is 2. The summed E-state index contributed by atoms with van der Waals surface area (Å²) >= 11 is 3.59. The van der Waals surface area contributed by atoms with Crippen LogP contribution in [0.3, 0.4) is 0 Å². The van der Waals surface area contributed by atoms with Crippen LogP contribution in [0.1, 0.15) is 11.1 Å². The summed E-state index contributed by atoms with van der Waals surface area (Å²) in [6.45, 7) is 1.58. The van der Waals surface area contributed by atoms with E-state index in [9.17, 15) is 0 Å². The normalized spacial score (nSPS) is 11.5. The maximum absolute atomic E-state index is 5.83. The SMILES string of the molecule is c1cc2cc(CCOCCc3ccc4sccc4c3)ccc2s1. The van der Waals surface area contributed by atoms with Crippen molar-refractivity contribution in [3.05, 3.63) is 70.4 Å². The largest absolute Gasteiger partial charge is 0.381 e. The second-order valence-electron chi connectivity index (χ2n) is 5.70. The Labute approximate surface area is 144 Å². The lowest BCUT2D eigenvalue weighted by molar-refractivity contribution is 0.140. The van der Waals surface area contributed by atoms with Crippen LogP contribution in [0.15, 0.2) is 59.3 Å². The second-order valence-corrected chi connectivity index (χ2v) is 7.59. The molecule has 0 N–H and O–H groups in total. The first kappa shape index (κ1) is 14.9. The van der Waals surface area contributed by atoms with E-state index in [-0.39, 0.29) is 0 Å². The molecule has 0 saturated carbocycles. The first-order valence-corrected chi connectivity index (χ1v) is 9.64. The van der Waals surface area contributed by atoms with Crippen molar-refractivity contribution in [1.29, 1.82) is 0 Å². The van der Waals surface area contributed by atoms with Gasteiger partial charge in [0.05, 0.1) is 13.2 Å². The van der Waals surface area contributed by atoms with Gasteiger partial charge in [-0.25, -0.2) is 0 Å². The number of thiophene rings is 2. The van der Waals surface area contributed by atoms with E-state index < -0.39 is 0 Å². The molecule has 4 aromatic rings. The van der Waals surface area contributed by atoms with Crippen molar-refractivity contribution in [2.75, 3.05) is 13.2 Å². The summed E-state index contributed by atoms with van der Waals surface area (Å²) in [6, 6.07) is 17.8. The lowest BCUT2D eigenvalue weighted by atomic mass is 10.1. The Hall–Kier alpha value is -1.68. The predicted octanol–water partition coefficient (Wildman–Crippen LogP) is 5.92. The minimum atomic E-state index is 0.788. The van der Waals surface area contributed by atoms with Gasteiger partial charge < -0.3 is 4.74 Å². The molecule has 1 nitrogen and oxygen atoms in total. The molecule has 0 aliphatic rings. The van der Waals surface area contributed by atoms with E-state index in [1.165, 1.54) is 31.3 Å². The van der Waals surface area contributed by atoms with Crippen molar-refractivity contribution in [3.63, 3.8) is 0 Å². The molecule has 0 fully saturated rings. The Morgan fingerprint density at radius 2 is 1.17 bits per heavy atom. The minimum absolute atomic E-state index is 0.788. The van der Waals surface area contributed by atoms with Crippen LogP contribution >= 0.6 is 22.7 Å². The molecule has 2 aromatic heterocycles. The fourth-order valence-corrected chi connectivity index (χ4v) is 4.37. The predicted molar refractivity (Wildman–Crippen MR) is 102 cm³/mol. The molecule has 0 amide bonds. The van der Waals surface area contributed by atoms with E-state index in [1.807, 2.05) is 0 Å². The second kappa shape index (κ2) is 6.83. The first-order valence-electron chi connectivity index (χ1n) is 7.88. The van der Waals surface area contributed by atoms with Crippen LogP contribution < -0.4 is 0 Å². The van der Waals surface area contributed by atoms with E-state index in [0.717, 1.165) is 26.1 Å². The topological polar surface area (TPSA) is 9.23 Å². The molecule has 0 unspecified atom stereocenters. The molecule has 0 aliphatic carbocycles. The zero-order chi connectivity index (χ0) is 15.5. The van der Waals surface area contributed by atoms with E-state index in [2.05, 4.69) is 59.3 Å². The number of hydrogen-bond donors (Lipinski definition) is 0. The molecule has 116 valence electrons. The molecule has 0 saturated heterocycles. The number of fused-ring (bicyclic) bond motifs is 2. The maximum Gasteiger partial charge on any atom is 0.0506 e. The molecular formula is C20H18OS2. The van der Waals surface area contributed by atoms with Gasteiger partial charge in [-0.1, -0.05) is 24.3 Å². The van der Waals surface area contributed by atoms with Crippen molar-refractivity contribution >= 4 is 42.8 Å². The standard InChI is InChI=1S/C20H18OS2/c1-3-19-17(7-11-22-19)13-15(1)5-9-21-10-6-16-2-4-20-18(14-16)8-12-23-20/h1-4,7-8,11-14H,5-6,9-10H2. The Morgan fingerprint density at radius 1 is 0.652 bits per heavy atom. The molecule has 0 radical (unpaired) electrons. The summed E-state index contributed by atoms with van der Waals surface area (Å²) in [5, 5.41) is 6.98. The lowest BCUT2D eigenvalue weighted by Crippen LogP contribution is -2.02. The maximum atomic E-state index is 5.83. The van der Waals surface area contributed by atoms with Crippen molar-refractivity contribution in [2.45, 2.75) is 12.8 Å². The van der Waals surface area contributed by atoms with E-state index in [4.69, 9.17) is 4.74 Å². The fourth-order valence-electron chi connectivity index (χ4n) is 2.83. The Morgan fingerprint density at radius 3 is 1.70 bits per heavy atom. The van der Waals surface area contributed by atoms with Gasteiger partial charge in [0, 0.05) is 9.40 Å². The zero-order valence-electron chi connectivity index (χ0n) is 12.8. The van der Waals surface area contributed by atoms with Crippen molar-refractivity contribution in [2.24, 2.45) is 0 Å². The molecule has 0 bridgehead atoms. The molecule has 23 heavy (non-hydrogen) atoms. The van der Waals surface area contributed by atoms with Crippen LogP contribution in [0.4, 0.5) is 0 Å². The molecule has 4 rings (SSSR count). The first-order chi connectivity index (χ1) is 11.4. The smallest absolute Gasteiger partial charge is 0.0506 e. The van der Waals surface area contributed by atoms with Crippen LogP contribution in [0.25, 0.3) is 20.2 Å². The Kier molecular flexibility index (Phi) is 4.42. The molecule has 0 spiro atoms. The average molecular weight is 338 g/mol. The van der Waals surface area contributed by atoms with Gasteiger partial charge >= 0.3 is 0 Å². The number of hydrogen-bond acceptors (Lipinski definition) is 3. The quantitative estimate of drug-likeness (QED) is 0.397. The lowest BCUT2D eigenvalue weighted by Gasteiger charge is -2.05. The van der Waals surface area contributed by atoms with Crippen molar-refractivity contribution in [3.8, 4) is 0 Å². The van der Waals surface area contributed by atoms with E-state index in [1.54, 1.807) is 22.7 Å². The van der Waals surface area contributed by atoms with Gasteiger partial charge in [-0.2, -0.15) is 0 Å². The highest BCUT2D eigenvalue weighted by molar-refractivity contribution is 7.17. The van der Waals surface area contributed by atoms with Crippen LogP contribution in [0, 0.1) is 0 Å². The highest BCUT2D eigenvalue weighted by Gasteiger charge is 2.00. The highest BCUT2D eigenvalue weighted by atomic mass is 32.1. The van der Waals surface area contributed by atoms with Crippen LogP contribution in [-0.4, -0.2) is 13.2 Å². The minimum Gasteiger partial charge on any atom is -0.381 e. The zero-order valence-corrected chi connectivity index (χ0v) is 14.5. The number of rotatable bonds is 6. The summed E-state index contributed by atoms with van der Waals surface area (Å²) in [5.74, 6) is 0. The molecule has 2 heterocycles. The third kappa shape index (κ3) is 3.47.